The maximum Gasteiger partial charge on any atom is 0.180 e. The molecule has 118 valence electrons. The van der Waals surface area contributed by atoms with Gasteiger partial charge in [0.15, 0.2) is 5.78 Å². The van der Waals surface area contributed by atoms with E-state index in [9.17, 15) is 4.79 Å². The number of rotatable bonds is 9. The zero-order valence-electron chi connectivity index (χ0n) is 14.1. The summed E-state index contributed by atoms with van der Waals surface area (Å²) in [5.41, 5.74) is 0.680. The van der Waals surface area contributed by atoms with E-state index in [1.807, 2.05) is 24.3 Å². The molecule has 3 nitrogen and oxygen atoms in total. The summed E-state index contributed by atoms with van der Waals surface area (Å²) >= 11 is 0. The average Bonchev–Trinajstić information content (AvgIpc) is 2.47. The predicted molar refractivity (Wildman–Crippen MR) is 88.1 cm³/mol. The number of para-hydroxylation sites is 1. The summed E-state index contributed by atoms with van der Waals surface area (Å²) in [6.07, 6.45) is 2.14. The minimum absolute atomic E-state index is 0.139. The van der Waals surface area contributed by atoms with Crippen molar-refractivity contribution in [3.63, 3.8) is 0 Å². The molecule has 3 heteroatoms. The average molecular weight is 291 g/mol. The zero-order chi connectivity index (χ0) is 15.8. The number of Topliss-reactive ketones (excluding diaryl/α,β-unsaturated/α-hetero) is 1. The van der Waals surface area contributed by atoms with E-state index >= 15 is 0 Å². The Bertz CT molecular complexity index is 439. The summed E-state index contributed by atoms with van der Waals surface area (Å²) in [6, 6.07) is 7.94. The Morgan fingerprint density at radius 1 is 1.19 bits per heavy atom. The lowest BCUT2D eigenvalue weighted by Gasteiger charge is -2.31. The number of ether oxygens (including phenoxy) is 1. The van der Waals surface area contributed by atoms with Gasteiger partial charge in [-0.05, 0) is 30.9 Å². The molecule has 0 N–H and O–H groups in total. The number of carbonyl (C=O) groups excluding carboxylic acids is 1. The van der Waals surface area contributed by atoms with Gasteiger partial charge in [-0.1, -0.05) is 39.8 Å². The number of carbonyl (C=O) groups is 1. The summed E-state index contributed by atoms with van der Waals surface area (Å²) in [4.78, 5) is 14.9. The second-order valence-corrected chi connectivity index (χ2v) is 5.92. The van der Waals surface area contributed by atoms with Crippen LogP contribution in [0.3, 0.4) is 0 Å². The molecular formula is C18H29NO2. The van der Waals surface area contributed by atoms with Gasteiger partial charge in [0.2, 0.25) is 0 Å². The van der Waals surface area contributed by atoms with Crippen molar-refractivity contribution < 1.29 is 9.53 Å². The third kappa shape index (κ3) is 5.16. The van der Waals surface area contributed by atoms with Crippen LogP contribution in [0.1, 0.15) is 50.9 Å². The molecule has 1 aromatic carbocycles. The summed E-state index contributed by atoms with van der Waals surface area (Å²) in [6.45, 7) is 10.2. The Hall–Kier alpha value is -1.35. The summed E-state index contributed by atoms with van der Waals surface area (Å²) in [5, 5.41) is 0. The van der Waals surface area contributed by atoms with Gasteiger partial charge in [0.05, 0.1) is 19.2 Å². The highest BCUT2D eigenvalue weighted by atomic mass is 16.5. The van der Waals surface area contributed by atoms with E-state index in [1.54, 1.807) is 7.11 Å². The van der Waals surface area contributed by atoms with E-state index in [0.717, 1.165) is 19.4 Å². The molecule has 0 saturated carbocycles. The van der Waals surface area contributed by atoms with Crippen LogP contribution in [0.15, 0.2) is 24.3 Å². The zero-order valence-corrected chi connectivity index (χ0v) is 14.1. The van der Waals surface area contributed by atoms with Crippen LogP contribution in [0, 0.1) is 5.92 Å². The SMILES string of the molecule is CCC(CC)N(CC(=O)c1ccccc1OC)CC(C)C. The number of hydrogen-bond acceptors (Lipinski definition) is 3. The summed E-state index contributed by atoms with van der Waals surface area (Å²) in [5.74, 6) is 1.35. The highest BCUT2D eigenvalue weighted by Gasteiger charge is 2.21. The lowest BCUT2D eigenvalue weighted by atomic mass is 10.0. The first-order valence-corrected chi connectivity index (χ1v) is 7.93. The molecule has 0 atom stereocenters. The van der Waals surface area contributed by atoms with Crippen molar-refractivity contribution in [2.75, 3.05) is 20.2 Å². The van der Waals surface area contributed by atoms with E-state index in [1.165, 1.54) is 0 Å². The Morgan fingerprint density at radius 2 is 1.81 bits per heavy atom. The van der Waals surface area contributed by atoms with Crippen LogP contribution in [0.5, 0.6) is 5.75 Å². The third-order valence-corrected chi connectivity index (χ3v) is 3.81. The molecule has 0 aliphatic heterocycles. The molecule has 0 heterocycles. The molecule has 1 rings (SSSR count). The third-order valence-electron chi connectivity index (χ3n) is 3.81. The molecule has 0 saturated heterocycles. The number of ketones is 1. The standard InChI is InChI=1S/C18H29NO2/c1-6-15(7-2)19(12-14(3)4)13-17(20)16-10-8-9-11-18(16)21-5/h8-11,14-15H,6-7,12-13H2,1-5H3. The van der Waals surface area contributed by atoms with Crippen LogP contribution in [-0.4, -0.2) is 36.9 Å². The van der Waals surface area contributed by atoms with Crippen LogP contribution >= 0.6 is 0 Å². The largest absolute Gasteiger partial charge is 0.496 e. The molecular weight excluding hydrogens is 262 g/mol. The van der Waals surface area contributed by atoms with Gasteiger partial charge < -0.3 is 4.74 Å². The van der Waals surface area contributed by atoms with Crippen molar-refractivity contribution in [3.8, 4) is 5.75 Å². The number of methoxy groups -OCH3 is 1. The Balaban J connectivity index is 2.89. The van der Waals surface area contributed by atoms with E-state index in [0.29, 0.717) is 29.8 Å². The maximum absolute atomic E-state index is 12.6. The van der Waals surface area contributed by atoms with Gasteiger partial charge >= 0.3 is 0 Å². The summed E-state index contributed by atoms with van der Waals surface area (Å²) in [7, 11) is 1.61. The van der Waals surface area contributed by atoms with Crippen molar-refractivity contribution >= 4 is 5.78 Å². The monoisotopic (exact) mass is 291 g/mol. The molecule has 0 aliphatic carbocycles. The van der Waals surface area contributed by atoms with Crippen LogP contribution in [-0.2, 0) is 0 Å². The number of hydrogen-bond donors (Lipinski definition) is 0. The molecule has 0 amide bonds. The normalized spacial score (nSPS) is 11.4. The van der Waals surface area contributed by atoms with E-state index in [2.05, 4.69) is 32.6 Å². The molecule has 0 spiro atoms. The summed E-state index contributed by atoms with van der Waals surface area (Å²) < 4.78 is 5.30. The number of nitrogens with zero attached hydrogens (tertiary/aromatic N) is 1. The highest BCUT2D eigenvalue weighted by Crippen LogP contribution is 2.20. The smallest absolute Gasteiger partial charge is 0.180 e. The molecule has 0 aliphatic rings. The first kappa shape index (κ1) is 17.7. The lowest BCUT2D eigenvalue weighted by Crippen LogP contribution is -2.40. The number of benzene rings is 1. The van der Waals surface area contributed by atoms with Crippen molar-refractivity contribution in [3.05, 3.63) is 29.8 Å². The van der Waals surface area contributed by atoms with Crippen molar-refractivity contribution in [2.45, 2.75) is 46.6 Å². The van der Waals surface area contributed by atoms with Crippen LogP contribution in [0.25, 0.3) is 0 Å². The Morgan fingerprint density at radius 3 is 2.33 bits per heavy atom. The van der Waals surface area contributed by atoms with Gasteiger partial charge in [-0.15, -0.1) is 0 Å². The lowest BCUT2D eigenvalue weighted by molar-refractivity contribution is 0.0863. The second-order valence-electron chi connectivity index (χ2n) is 5.92. The van der Waals surface area contributed by atoms with E-state index in [-0.39, 0.29) is 5.78 Å². The van der Waals surface area contributed by atoms with Gasteiger partial charge in [-0.3, -0.25) is 9.69 Å². The van der Waals surface area contributed by atoms with Gasteiger partial charge in [0.1, 0.15) is 5.75 Å². The fraction of sp³-hybridized carbons (Fsp3) is 0.611. The minimum Gasteiger partial charge on any atom is -0.496 e. The molecule has 21 heavy (non-hydrogen) atoms. The van der Waals surface area contributed by atoms with Gasteiger partial charge in [0.25, 0.3) is 0 Å². The maximum atomic E-state index is 12.6. The molecule has 0 bridgehead atoms. The molecule has 0 fully saturated rings. The second kappa shape index (κ2) is 8.83. The molecule has 1 aromatic rings. The Labute approximate surface area is 129 Å². The Kier molecular flexibility index (Phi) is 7.44. The minimum atomic E-state index is 0.139. The fourth-order valence-corrected chi connectivity index (χ4v) is 2.76. The van der Waals surface area contributed by atoms with Crippen LogP contribution in [0.2, 0.25) is 0 Å². The van der Waals surface area contributed by atoms with Crippen LogP contribution < -0.4 is 4.74 Å². The van der Waals surface area contributed by atoms with Crippen molar-refractivity contribution in [1.82, 2.24) is 4.90 Å². The predicted octanol–water partition coefficient (Wildman–Crippen LogP) is 4.02. The topological polar surface area (TPSA) is 29.5 Å². The fourth-order valence-electron chi connectivity index (χ4n) is 2.76. The van der Waals surface area contributed by atoms with Crippen molar-refractivity contribution in [1.29, 1.82) is 0 Å². The highest BCUT2D eigenvalue weighted by molar-refractivity contribution is 6.00. The molecule has 0 unspecified atom stereocenters. The first-order valence-electron chi connectivity index (χ1n) is 7.93. The van der Waals surface area contributed by atoms with Crippen molar-refractivity contribution in [2.24, 2.45) is 5.92 Å². The van der Waals surface area contributed by atoms with Gasteiger partial charge in [-0.2, -0.15) is 0 Å². The van der Waals surface area contributed by atoms with Crippen LogP contribution in [0.4, 0.5) is 0 Å². The van der Waals surface area contributed by atoms with E-state index in [4.69, 9.17) is 4.74 Å². The quantitative estimate of drug-likeness (QED) is 0.643. The molecule has 0 aromatic heterocycles. The van der Waals surface area contributed by atoms with E-state index < -0.39 is 0 Å². The first-order chi connectivity index (χ1) is 10.0. The van der Waals surface area contributed by atoms with Gasteiger partial charge in [0, 0.05) is 12.6 Å². The molecule has 0 radical (unpaired) electrons. The van der Waals surface area contributed by atoms with Gasteiger partial charge in [-0.25, -0.2) is 0 Å².